The lowest BCUT2D eigenvalue weighted by atomic mass is 9.53. The molecule has 5 rings (SSSR count). The first-order valence-electron chi connectivity index (χ1n) is 11.4. The Morgan fingerprint density at radius 3 is 2.69 bits per heavy atom. The fourth-order valence-corrected chi connectivity index (χ4v) is 6.92. The average Bonchev–Trinajstić information content (AvgIpc) is 3.11. The molecule has 2 saturated carbocycles. The van der Waals surface area contributed by atoms with Crippen molar-refractivity contribution in [3.05, 3.63) is 70.8 Å². The third-order valence-electron chi connectivity index (χ3n) is 8.25. The second-order valence-corrected chi connectivity index (χ2v) is 9.58. The summed E-state index contributed by atoms with van der Waals surface area (Å²) in [5, 5.41) is 0. The molecule has 3 unspecified atom stereocenters. The SMILES string of the molecule is CC[C@]12CC(=O)C3c4ccc(C)cc4CCC3C1CC[C@@H]2OCc1ccccc1. The van der Waals surface area contributed by atoms with Crippen LogP contribution in [0.4, 0.5) is 0 Å². The van der Waals surface area contributed by atoms with Gasteiger partial charge in [0.05, 0.1) is 12.7 Å². The number of aryl methyl sites for hydroxylation is 2. The third kappa shape index (κ3) is 3.08. The summed E-state index contributed by atoms with van der Waals surface area (Å²) < 4.78 is 6.51. The molecule has 2 heteroatoms. The number of ether oxygens (including phenoxy) is 1. The van der Waals surface area contributed by atoms with Gasteiger partial charge in [-0.1, -0.05) is 61.0 Å². The predicted molar refractivity (Wildman–Crippen MR) is 116 cm³/mol. The summed E-state index contributed by atoms with van der Waals surface area (Å²) in [5.41, 5.74) is 5.32. The molecule has 5 atom stereocenters. The summed E-state index contributed by atoms with van der Waals surface area (Å²) in [4.78, 5) is 13.5. The van der Waals surface area contributed by atoms with Crippen molar-refractivity contribution in [3.63, 3.8) is 0 Å². The van der Waals surface area contributed by atoms with Crippen LogP contribution in [0.25, 0.3) is 0 Å². The Morgan fingerprint density at radius 1 is 1.07 bits per heavy atom. The molecule has 0 N–H and O–H groups in total. The topological polar surface area (TPSA) is 26.3 Å². The lowest BCUT2D eigenvalue weighted by molar-refractivity contribution is -0.140. The highest BCUT2D eigenvalue weighted by Gasteiger charge is 2.59. The van der Waals surface area contributed by atoms with Crippen LogP contribution in [0.2, 0.25) is 0 Å². The molecule has 0 aliphatic heterocycles. The molecule has 0 amide bonds. The summed E-state index contributed by atoms with van der Waals surface area (Å²) in [6.45, 7) is 5.10. The Morgan fingerprint density at radius 2 is 1.90 bits per heavy atom. The second kappa shape index (κ2) is 7.40. The number of Topliss-reactive ketones (excluding diaryl/α,β-unsaturated/α-hetero) is 1. The van der Waals surface area contributed by atoms with Crippen LogP contribution in [0.5, 0.6) is 0 Å². The highest BCUT2D eigenvalue weighted by molar-refractivity contribution is 5.88. The lowest BCUT2D eigenvalue weighted by Gasteiger charge is -2.51. The number of carbonyl (C=O) groups excluding carboxylic acids is 1. The van der Waals surface area contributed by atoms with E-state index in [0.29, 0.717) is 30.6 Å². The van der Waals surface area contributed by atoms with E-state index in [-0.39, 0.29) is 17.4 Å². The van der Waals surface area contributed by atoms with E-state index >= 15 is 0 Å². The van der Waals surface area contributed by atoms with Gasteiger partial charge in [0.15, 0.2) is 0 Å². The van der Waals surface area contributed by atoms with Crippen LogP contribution < -0.4 is 0 Å². The minimum atomic E-state index is 0.0369. The summed E-state index contributed by atoms with van der Waals surface area (Å²) >= 11 is 0. The zero-order valence-electron chi connectivity index (χ0n) is 17.7. The molecule has 0 radical (unpaired) electrons. The van der Waals surface area contributed by atoms with Crippen LogP contribution in [0.1, 0.15) is 67.2 Å². The molecule has 29 heavy (non-hydrogen) atoms. The van der Waals surface area contributed by atoms with Crippen molar-refractivity contribution in [2.75, 3.05) is 0 Å². The Kier molecular flexibility index (Phi) is 4.86. The van der Waals surface area contributed by atoms with Crippen molar-refractivity contribution in [2.45, 2.75) is 71.0 Å². The van der Waals surface area contributed by atoms with E-state index in [9.17, 15) is 4.79 Å². The molecule has 2 fully saturated rings. The van der Waals surface area contributed by atoms with Gasteiger partial charge in [0.25, 0.3) is 0 Å². The summed E-state index contributed by atoms with van der Waals surface area (Å²) in [6.07, 6.45) is 6.55. The molecular formula is C27H32O2. The highest BCUT2D eigenvalue weighted by Crippen LogP contribution is 2.62. The molecule has 3 aliphatic rings. The first kappa shape index (κ1) is 19.1. The average molecular weight is 389 g/mol. The van der Waals surface area contributed by atoms with Crippen LogP contribution >= 0.6 is 0 Å². The van der Waals surface area contributed by atoms with Gasteiger partial charge in [0.1, 0.15) is 5.78 Å². The van der Waals surface area contributed by atoms with E-state index in [2.05, 4.69) is 56.3 Å². The lowest BCUT2D eigenvalue weighted by Crippen LogP contribution is -2.50. The quantitative estimate of drug-likeness (QED) is 0.641. The fourth-order valence-electron chi connectivity index (χ4n) is 6.92. The smallest absolute Gasteiger partial charge is 0.141 e. The van der Waals surface area contributed by atoms with E-state index in [1.165, 1.54) is 28.7 Å². The van der Waals surface area contributed by atoms with Gasteiger partial charge in [0.2, 0.25) is 0 Å². The standard InChI is InChI=1S/C27H32O2/c1-3-27-16-24(28)26-21-11-9-18(2)15-20(21)10-12-22(26)23(27)13-14-25(27)29-17-19-7-5-4-6-8-19/h4-9,11,15,22-23,25-26H,3,10,12-14,16-17H2,1-2H3/t22?,23?,25-,26?,27-/m0/s1. The number of benzene rings is 2. The van der Waals surface area contributed by atoms with Gasteiger partial charge in [-0.05, 0) is 67.6 Å². The zero-order valence-corrected chi connectivity index (χ0v) is 17.7. The van der Waals surface area contributed by atoms with Crippen molar-refractivity contribution in [3.8, 4) is 0 Å². The van der Waals surface area contributed by atoms with Crippen molar-refractivity contribution >= 4 is 5.78 Å². The zero-order chi connectivity index (χ0) is 20.0. The normalized spacial score (nSPS) is 33.1. The van der Waals surface area contributed by atoms with Gasteiger partial charge in [-0.25, -0.2) is 0 Å². The molecule has 152 valence electrons. The van der Waals surface area contributed by atoms with E-state index < -0.39 is 0 Å². The Bertz CT molecular complexity index is 902. The number of carbonyl (C=O) groups is 1. The molecule has 0 saturated heterocycles. The first-order valence-corrected chi connectivity index (χ1v) is 11.4. The van der Waals surface area contributed by atoms with E-state index in [0.717, 1.165) is 25.7 Å². The first-order chi connectivity index (χ1) is 14.1. The number of fused-ring (bicyclic) bond motifs is 5. The molecule has 2 aromatic rings. The van der Waals surface area contributed by atoms with Crippen molar-refractivity contribution in [1.29, 1.82) is 0 Å². The Labute approximate surface area is 174 Å². The van der Waals surface area contributed by atoms with Crippen LogP contribution in [0, 0.1) is 24.2 Å². The van der Waals surface area contributed by atoms with Crippen LogP contribution in [0.15, 0.2) is 48.5 Å². The van der Waals surface area contributed by atoms with Crippen molar-refractivity contribution in [2.24, 2.45) is 17.3 Å². The molecule has 0 bridgehead atoms. The summed E-state index contributed by atoms with van der Waals surface area (Å²) in [5.74, 6) is 1.70. The van der Waals surface area contributed by atoms with Crippen LogP contribution in [-0.2, 0) is 22.6 Å². The number of ketones is 1. The van der Waals surface area contributed by atoms with E-state index in [4.69, 9.17) is 4.74 Å². The third-order valence-corrected chi connectivity index (χ3v) is 8.25. The Balaban J connectivity index is 1.42. The maximum absolute atomic E-state index is 13.5. The molecule has 2 nitrogen and oxygen atoms in total. The second-order valence-electron chi connectivity index (χ2n) is 9.58. The fraction of sp³-hybridized carbons (Fsp3) is 0.519. The van der Waals surface area contributed by atoms with Gasteiger partial charge in [-0.2, -0.15) is 0 Å². The molecule has 0 heterocycles. The van der Waals surface area contributed by atoms with E-state index in [1.807, 2.05) is 6.07 Å². The van der Waals surface area contributed by atoms with Crippen molar-refractivity contribution in [1.82, 2.24) is 0 Å². The largest absolute Gasteiger partial charge is 0.373 e. The highest BCUT2D eigenvalue weighted by atomic mass is 16.5. The monoisotopic (exact) mass is 388 g/mol. The number of hydrogen-bond acceptors (Lipinski definition) is 2. The van der Waals surface area contributed by atoms with Gasteiger partial charge < -0.3 is 4.74 Å². The number of hydrogen-bond donors (Lipinski definition) is 0. The maximum atomic E-state index is 13.5. The van der Waals surface area contributed by atoms with Gasteiger partial charge in [-0.3, -0.25) is 4.79 Å². The van der Waals surface area contributed by atoms with Gasteiger partial charge >= 0.3 is 0 Å². The summed E-state index contributed by atoms with van der Waals surface area (Å²) in [7, 11) is 0. The van der Waals surface area contributed by atoms with Gasteiger partial charge in [0, 0.05) is 17.8 Å². The molecular weight excluding hydrogens is 356 g/mol. The molecule has 2 aromatic carbocycles. The molecule has 0 spiro atoms. The van der Waals surface area contributed by atoms with E-state index in [1.54, 1.807) is 0 Å². The predicted octanol–water partition coefficient (Wildman–Crippen LogP) is 6.01. The van der Waals surface area contributed by atoms with Crippen molar-refractivity contribution < 1.29 is 9.53 Å². The minimum Gasteiger partial charge on any atom is -0.373 e. The minimum absolute atomic E-state index is 0.0369. The van der Waals surface area contributed by atoms with Crippen LogP contribution in [0.3, 0.4) is 0 Å². The summed E-state index contributed by atoms with van der Waals surface area (Å²) in [6, 6.07) is 17.2. The molecule has 3 aliphatic carbocycles. The maximum Gasteiger partial charge on any atom is 0.141 e. The Hall–Kier alpha value is -1.93. The van der Waals surface area contributed by atoms with Crippen LogP contribution in [-0.4, -0.2) is 11.9 Å². The molecule has 0 aromatic heterocycles. The van der Waals surface area contributed by atoms with Gasteiger partial charge in [-0.15, -0.1) is 0 Å². The number of rotatable bonds is 4.